The van der Waals surface area contributed by atoms with Gasteiger partial charge in [-0.25, -0.2) is 0 Å². The largest absolute Gasteiger partial charge is 0.490 e. The molecule has 1 aromatic carbocycles. The molecule has 1 unspecified atom stereocenters. The summed E-state index contributed by atoms with van der Waals surface area (Å²) in [7, 11) is 1.94. The molecule has 0 bridgehead atoms. The van der Waals surface area contributed by atoms with Gasteiger partial charge in [0.25, 0.3) is 0 Å². The van der Waals surface area contributed by atoms with Crippen LogP contribution in [-0.2, 0) is 0 Å². The third kappa shape index (κ3) is 2.82. The van der Waals surface area contributed by atoms with Crippen LogP contribution in [0.3, 0.4) is 0 Å². The van der Waals surface area contributed by atoms with Crippen LogP contribution in [0.4, 0.5) is 0 Å². The molecule has 1 aliphatic rings. The van der Waals surface area contributed by atoms with Crippen LogP contribution >= 0.6 is 0 Å². The lowest BCUT2D eigenvalue weighted by Crippen LogP contribution is -2.17. The maximum absolute atomic E-state index is 5.84. The van der Waals surface area contributed by atoms with E-state index in [4.69, 9.17) is 9.15 Å². The minimum atomic E-state index is 0.0662. The molecule has 0 aliphatic heterocycles. The predicted octanol–water partition coefficient (Wildman–Crippen LogP) is 3.44. The predicted molar refractivity (Wildman–Crippen MR) is 74.4 cm³/mol. The molecule has 0 saturated heterocycles. The molecule has 1 aliphatic carbocycles. The van der Waals surface area contributed by atoms with Crippen LogP contribution in [0.25, 0.3) is 0 Å². The van der Waals surface area contributed by atoms with E-state index in [1.165, 1.54) is 12.8 Å². The number of rotatable bonds is 5. The molecule has 0 amide bonds. The van der Waals surface area contributed by atoms with Crippen molar-refractivity contribution in [1.82, 2.24) is 5.32 Å². The van der Waals surface area contributed by atoms with Crippen molar-refractivity contribution in [1.29, 1.82) is 0 Å². The Morgan fingerprint density at radius 2 is 2.11 bits per heavy atom. The number of hydrogen-bond donors (Lipinski definition) is 1. The van der Waals surface area contributed by atoms with Gasteiger partial charge >= 0.3 is 0 Å². The van der Waals surface area contributed by atoms with Gasteiger partial charge in [0.05, 0.1) is 12.1 Å². The summed E-state index contributed by atoms with van der Waals surface area (Å²) >= 11 is 0. The standard InChI is InChI=1S/C16H19NO2/c1-11-6-9-15(18-11)16(17-2)12-4-3-5-14(10-12)19-13-7-8-13/h3-6,9-10,13,16-17H,7-8H2,1-2H3. The summed E-state index contributed by atoms with van der Waals surface area (Å²) in [6.45, 7) is 1.96. The molecule has 3 rings (SSSR count). The number of nitrogens with one attached hydrogen (secondary N) is 1. The lowest BCUT2D eigenvalue weighted by Gasteiger charge is -2.15. The first-order valence-electron chi connectivity index (χ1n) is 6.76. The Morgan fingerprint density at radius 1 is 1.26 bits per heavy atom. The van der Waals surface area contributed by atoms with Crippen molar-refractivity contribution in [3.63, 3.8) is 0 Å². The Kier molecular flexibility index (Phi) is 3.30. The highest BCUT2D eigenvalue weighted by molar-refractivity contribution is 5.34. The quantitative estimate of drug-likeness (QED) is 0.891. The molecule has 1 heterocycles. The van der Waals surface area contributed by atoms with Crippen LogP contribution in [-0.4, -0.2) is 13.2 Å². The van der Waals surface area contributed by atoms with E-state index in [9.17, 15) is 0 Å². The van der Waals surface area contributed by atoms with Crippen molar-refractivity contribution >= 4 is 0 Å². The van der Waals surface area contributed by atoms with E-state index in [2.05, 4.69) is 17.4 Å². The van der Waals surface area contributed by atoms with Crippen molar-refractivity contribution in [2.24, 2.45) is 0 Å². The minimum absolute atomic E-state index is 0.0662. The van der Waals surface area contributed by atoms with Gasteiger partial charge in [0.2, 0.25) is 0 Å². The van der Waals surface area contributed by atoms with Crippen molar-refractivity contribution in [2.75, 3.05) is 7.05 Å². The van der Waals surface area contributed by atoms with E-state index in [1.54, 1.807) is 0 Å². The first kappa shape index (κ1) is 12.3. The molecule has 3 heteroatoms. The maximum atomic E-state index is 5.84. The monoisotopic (exact) mass is 257 g/mol. The summed E-state index contributed by atoms with van der Waals surface area (Å²) in [5.74, 6) is 2.81. The van der Waals surface area contributed by atoms with Gasteiger partial charge in [-0.1, -0.05) is 12.1 Å². The Hall–Kier alpha value is -1.74. The van der Waals surface area contributed by atoms with Crippen molar-refractivity contribution in [3.8, 4) is 5.75 Å². The van der Waals surface area contributed by atoms with E-state index in [0.29, 0.717) is 6.10 Å². The fourth-order valence-corrected chi connectivity index (χ4v) is 2.23. The Bertz CT molecular complexity index is 557. The third-order valence-electron chi connectivity index (χ3n) is 3.35. The van der Waals surface area contributed by atoms with Crippen LogP contribution in [0.5, 0.6) is 5.75 Å². The zero-order valence-electron chi connectivity index (χ0n) is 11.3. The second-order valence-electron chi connectivity index (χ2n) is 5.06. The fourth-order valence-electron chi connectivity index (χ4n) is 2.23. The highest BCUT2D eigenvalue weighted by atomic mass is 16.5. The number of aryl methyl sites for hydroxylation is 1. The summed E-state index contributed by atoms with van der Waals surface area (Å²) in [5, 5.41) is 3.29. The zero-order chi connectivity index (χ0) is 13.2. The molecule has 1 saturated carbocycles. The lowest BCUT2D eigenvalue weighted by atomic mass is 10.0. The first-order valence-corrected chi connectivity index (χ1v) is 6.76. The van der Waals surface area contributed by atoms with Crippen LogP contribution in [0.15, 0.2) is 40.8 Å². The molecule has 1 fully saturated rings. The highest BCUT2D eigenvalue weighted by Gasteiger charge is 2.24. The number of ether oxygens (including phenoxy) is 1. The van der Waals surface area contributed by atoms with Gasteiger partial charge < -0.3 is 14.5 Å². The lowest BCUT2D eigenvalue weighted by molar-refractivity contribution is 0.302. The van der Waals surface area contributed by atoms with Crippen LogP contribution in [0.1, 0.15) is 36.0 Å². The topological polar surface area (TPSA) is 34.4 Å². The maximum Gasteiger partial charge on any atom is 0.125 e. The summed E-state index contributed by atoms with van der Waals surface area (Å²) in [4.78, 5) is 0. The third-order valence-corrected chi connectivity index (χ3v) is 3.35. The summed E-state index contributed by atoms with van der Waals surface area (Å²) < 4.78 is 11.6. The van der Waals surface area contributed by atoms with Crippen LogP contribution < -0.4 is 10.1 Å². The minimum Gasteiger partial charge on any atom is -0.490 e. The Labute approximate surface area is 113 Å². The van der Waals surface area contributed by atoms with Gasteiger partial charge in [-0.3, -0.25) is 0 Å². The van der Waals surface area contributed by atoms with Crippen molar-refractivity contribution in [3.05, 3.63) is 53.5 Å². The van der Waals surface area contributed by atoms with Gasteiger partial charge in [0, 0.05) is 0 Å². The average Bonchev–Trinajstić information content (AvgIpc) is 3.12. The van der Waals surface area contributed by atoms with Crippen LogP contribution in [0, 0.1) is 6.92 Å². The van der Waals surface area contributed by atoms with Gasteiger partial charge in [-0.15, -0.1) is 0 Å². The number of benzene rings is 1. The smallest absolute Gasteiger partial charge is 0.125 e. The second kappa shape index (κ2) is 5.10. The van der Waals surface area contributed by atoms with E-state index in [0.717, 1.165) is 22.8 Å². The molecule has 0 spiro atoms. The molecule has 3 nitrogen and oxygen atoms in total. The molecular formula is C16H19NO2. The Balaban J connectivity index is 1.85. The summed E-state index contributed by atoms with van der Waals surface area (Å²) in [6.07, 6.45) is 2.78. The zero-order valence-corrected chi connectivity index (χ0v) is 11.3. The SMILES string of the molecule is CNC(c1cccc(OC2CC2)c1)c1ccc(C)o1. The van der Waals surface area contributed by atoms with Gasteiger partial charge in [0.1, 0.15) is 17.3 Å². The van der Waals surface area contributed by atoms with E-state index in [-0.39, 0.29) is 6.04 Å². The van der Waals surface area contributed by atoms with Crippen molar-refractivity contribution < 1.29 is 9.15 Å². The summed E-state index contributed by atoms with van der Waals surface area (Å²) in [6, 6.07) is 12.3. The highest BCUT2D eigenvalue weighted by Crippen LogP contribution is 2.30. The molecule has 1 N–H and O–H groups in total. The normalized spacial score (nSPS) is 16.3. The average molecular weight is 257 g/mol. The molecular weight excluding hydrogens is 238 g/mol. The van der Waals surface area contributed by atoms with Gasteiger partial charge in [0.15, 0.2) is 0 Å². The summed E-state index contributed by atoms with van der Waals surface area (Å²) in [5.41, 5.74) is 1.16. The molecule has 2 aromatic rings. The Morgan fingerprint density at radius 3 is 2.74 bits per heavy atom. The van der Waals surface area contributed by atoms with Gasteiger partial charge in [-0.2, -0.15) is 0 Å². The molecule has 1 aromatic heterocycles. The van der Waals surface area contributed by atoms with Crippen molar-refractivity contribution in [2.45, 2.75) is 31.9 Å². The molecule has 19 heavy (non-hydrogen) atoms. The van der Waals surface area contributed by atoms with E-state index < -0.39 is 0 Å². The molecule has 100 valence electrons. The molecule has 1 atom stereocenters. The second-order valence-corrected chi connectivity index (χ2v) is 5.06. The fraction of sp³-hybridized carbons (Fsp3) is 0.375. The van der Waals surface area contributed by atoms with E-state index >= 15 is 0 Å². The van der Waals surface area contributed by atoms with Gasteiger partial charge in [-0.05, 0) is 56.6 Å². The molecule has 0 radical (unpaired) electrons. The van der Waals surface area contributed by atoms with Crippen LogP contribution in [0.2, 0.25) is 0 Å². The number of hydrogen-bond acceptors (Lipinski definition) is 3. The van der Waals surface area contributed by atoms with E-state index in [1.807, 2.05) is 38.2 Å². The first-order chi connectivity index (χ1) is 9.26. The number of furan rings is 1.